The predicted molar refractivity (Wildman–Crippen MR) is 151 cm³/mol. The number of nitrogens with zero attached hydrogens (tertiary/aromatic N) is 1. The lowest BCUT2D eigenvalue weighted by molar-refractivity contribution is 0.0729. The number of carbonyl (C=O) groups is 2. The van der Waals surface area contributed by atoms with Gasteiger partial charge in [-0.2, -0.15) is 5.10 Å². The Labute approximate surface area is 234 Å². The predicted octanol–water partition coefficient (Wildman–Crippen LogP) is 6.03. The highest BCUT2D eigenvalue weighted by Gasteiger charge is 2.15. The van der Waals surface area contributed by atoms with E-state index in [4.69, 9.17) is 18.9 Å². The molecule has 0 aromatic heterocycles. The molecule has 198 valence electrons. The Morgan fingerprint density at radius 3 is 2.31 bits per heavy atom. The number of nitrogens with one attached hydrogen (secondary N) is 1. The van der Waals surface area contributed by atoms with E-state index < -0.39 is 11.9 Å². The average molecular weight is 589 g/mol. The van der Waals surface area contributed by atoms with E-state index in [2.05, 4.69) is 26.5 Å². The number of esters is 1. The zero-order valence-corrected chi connectivity index (χ0v) is 22.8. The molecule has 9 heteroatoms. The lowest BCUT2D eigenvalue weighted by Gasteiger charge is -2.11. The van der Waals surface area contributed by atoms with Crippen LogP contribution in [0.3, 0.4) is 0 Å². The summed E-state index contributed by atoms with van der Waals surface area (Å²) in [5, 5.41) is 4.07. The van der Waals surface area contributed by atoms with Crippen molar-refractivity contribution in [2.75, 3.05) is 14.2 Å². The van der Waals surface area contributed by atoms with Crippen molar-refractivity contribution in [3.05, 3.63) is 118 Å². The van der Waals surface area contributed by atoms with Gasteiger partial charge in [-0.15, -0.1) is 0 Å². The van der Waals surface area contributed by atoms with Gasteiger partial charge in [0.2, 0.25) is 0 Å². The van der Waals surface area contributed by atoms with Gasteiger partial charge in [-0.05, 0) is 71.8 Å². The number of methoxy groups -OCH3 is 2. The van der Waals surface area contributed by atoms with Gasteiger partial charge in [0.15, 0.2) is 11.5 Å². The zero-order valence-electron chi connectivity index (χ0n) is 21.2. The summed E-state index contributed by atoms with van der Waals surface area (Å²) in [6, 6.07) is 26.4. The van der Waals surface area contributed by atoms with Gasteiger partial charge in [0.25, 0.3) is 5.91 Å². The quantitative estimate of drug-likeness (QED) is 0.105. The standard InChI is InChI=1S/C30H25BrN2O6/c1-36-24-12-9-22(10-13-24)30(35)39-27-14-8-21(16-28(27)37-2)18-32-33-29(34)25-17-23(31)11-15-26(25)38-19-20-6-4-3-5-7-20/h3-18H,19H2,1-2H3,(H,33,34)/b32-18-. The van der Waals surface area contributed by atoms with Crippen LogP contribution >= 0.6 is 15.9 Å². The van der Waals surface area contributed by atoms with E-state index in [0.717, 1.165) is 10.0 Å². The van der Waals surface area contributed by atoms with E-state index in [9.17, 15) is 9.59 Å². The van der Waals surface area contributed by atoms with Crippen LogP contribution in [0.25, 0.3) is 0 Å². The van der Waals surface area contributed by atoms with Crippen LogP contribution in [0, 0.1) is 0 Å². The van der Waals surface area contributed by atoms with Crippen LogP contribution in [0.1, 0.15) is 31.8 Å². The van der Waals surface area contributed by atoms with Crippen LogP contribution in [-0.4, -0.2) is 32.3 Å². The minimum absolute atomic E-state index is 0.244. The Morgan fingerprint density at radius 1 is 0.846 bits per heavy atom. The molecule has 0 atom stereocenters. The maximum absolute atomic E-state index is 12.9. The van der Waals surface area contributed by atoms with E-state index in [-0.39, 0.29) is 5.75 Å². The summed E-state index contributed by atoms with van der Waals surface area (Å²) in [5.74, 6) is 0.663. The number of hydrogen-bond acceptors (Lipinski definition) is 7. The van der Waals surface area contributed by atoms with E-state index in [1.807, 2.05) is 30.3 Å². The first-order chi connectivity index (χ1) is 19.0. The van der Waals surface area contributed by atoms with E-state index in [0.29, 0.717) is 40.5 Å². The Hall–Kier alpha value is -4.63. The fraction of sp³-hybridized carbons (Fsp3) is 0.100. The number of ether oxygens (including phenoxy) is 4. The first kappa shape index (κ1) is 27.4. The summed E-state index contributed by atoms with van der Waals surface area (Å²) >= 11 is 3.40. The molecular formula is C30H25BrN2O6. The van der Waals surface area contributed by atoms with Gasteiger partial charge in [0.1, 0.15) is 18.1 Å². The smallest absolute Gasteiger partial charge is 0.343 e. The van der Waals surface area contributed by atoms with Crippen LogP contribution in [-0.2, 0) is 6.61 Å². The van der Waals surface area contributed by atoms with E-state index >= 15 is 0 Å². The Kier molecular flexibility index (Phi) is 9.31. The molecule has 0 saturated carbocycles. The Bertz CT molecular complexity index is 1470. The normalized spacial score (nSPS) is 10.6. The average Bonchev–Trinajstić information content (AvgIpc) is 2.97. The van der Waals surface area contributed by atoms with Gasteiger partial charge in [0.05, 0.1) is 31.6 Å². The minimum Gasteiger partial charge on any atom is -0.497 e. The van der Waals surface area contributed by atoms with Crippen LogP contribution in [0.2, 0.25) is 0 Å². The number of hydrazone groups is 1. The van der Waals surface area contributed by atoms with Crippen molar-refractivity contribution in [2.24, 2.45) is 5.10 Å². The van der Waals surface area contributed by atoms with Crippen molar-refractivity contribution in [3.63, 3.8) is 0 Å². The molecule has 0 radical (unpaired) electrons. The second-order valence-corrected chi connectivity index (χ2v) is 9.06. The molecule has 0 aliphatic rings. The summed E-state index contributed by atoms with van der Waals surface area (Å²) in [6.45, 7) is 0.321. The van der Waals surface area contributed by atoms with E-state index in [1.54, 1.807) is 67.8 Å². The van der Waals surface area contributed by atoms with Gasteiger partial charge in [-0.25, -0.2) is 10.2 Å². The first-order valence-corrected chi connectivity index (χ1v) is 12.6. The van der Waals surface area contributed by atoms with Crippen molar-refractivity contribution >= 4 is 34.0 Å². The molecule has 4 aromatic carbocycles. The molecule has 1 amide bonds. The summed E-state index contributed by atoms with van der Waals surface area (Å²) < 4.78 is 22.6. The monoisotopic (exact) mass is 588 g/mol. The molecule has 0 unspecified atom stereocenters. The highest BCUT2D eigenvalue weighted by molar-refractivity contribution is 9.10. The van der Waals surface area contributed by atoms with Crippen molar-refractivity contribution in [3.8, 4) is 23.0 Å². The molecule has 0 saturated heterocycles. The molecule has 4 rings (SSSR count). The molecule has 0 aliphatic carbocycles. The Balaban J connectivity index is 1.41. The third kappa shape index (κ3) is 7.45. The van der Waals surface area contributed by atoms with Gasteiger partial charge in [-0.1, -0.05) is 46.3 Å². The lowest BCUT2D eigenvalue weighted by atomic mass is 10.2. The number of benzene rings is 4. The lowest BCUT2D eigenvalue weighted by Crippen LogP contribution is -2.19. The van der Waals surface area contributed by atoms with Gasteiger partial charge < -0.3 is 18.9 Å². The number of amides is 1. The molecule has 8 nitrogen and oxygen atoms in total. The molecule has 4 aromatic rings. The summed E-state index contributed by atoms with van der Waals surface area (Å²) in [6.07, 6.45) is 1.46. The fourth-order valence-electron chi connectivity index (χ4n) is 3.50. The second-order valence-electron chi connectivity index (χ2n) is 8.14. The van der Waals surface area contributed by atoms with Crippen LogP contribution in [0.4, 0.5) is 0 Å². The van der Waals surface area contributed by atoms with Crippen molar-refractivity contribution < 1.29 is 28.5 Å². The second kappa shape index (κ2) is 13.3. The molecule has 39 heavy (non-hydrogen) atoms. The number of rotatable bonds is 10. The largest absolute Gasteiger partial charge is 0.497 e. The number of hydrogen-bond donors (Lipinski definition) is 1. The fourth-order valence-corrected chi connectivity index (χ4v) is 3.86. The molecule has 0 aliphatic heterocycles. The summed E-state index contributed by atoms with van der Waals surface area (Å²) in [4.78, 5) is 25.4. The van der Waals surface area contributed by atoms with Gasteiger partial charge in [-0.3, -0.25) is 4.79 Å². The molecule has 0 heterocycles. The molecule has 1 N–H and O–H groups in total. The highest BCUT2D eigenvalue weighted by atomic mass is 79.9. The number of carbonyl (C=O) groups excluding carboxylic acids is 2. The van der Waals surface area contributed by atoms with Crippen molar-refractivity contribution in [1.82, 2.24) is 5.43 Å². The topological polar surface area (TPSA) is 95.5 Å². The van der Waals surface area contributed by atoms with Crippen molar-refractivity contribution in [2.45, 2.75) is 6.61 Å². The zero-order chi connectivity index (χ0) is 27.6. The molecule has 0 fully saturated rings. The molecule has 0 spiro atoms. The summed E-state index contributed by atoms with van der Waals surface area (Å²) in [7, 11) is 3.01. The third-order valence-electron chi connectivity index (χ3n) is 5.52. The molecular weight excluding hydrogens is 564 g/mol. The molecule has 0 bridgehead atoms. The van der Waals surface area contributed by atoms with Crippen LogP contribution in [0.15, 0.2) is 101 Å². The highest BCUT2D eigenvalue weighted by Crippen LogP contribution is 2.29. The minimum atomic E-state index is -0.538. The Morgan fingerprint density at radius 2 is 1.59 bits per heavy atom. The van der Waals surface area contributed by atoms with E-state index in [1.165, 1.54) is 13.3 Å². The first-order valence-electron chi connectivity index (χ1n) is 11.8. The third-order valence-corrected chi connectivity index (χ3v) is 6.01. The van der Waals surface area contributed by atoms with Gasteiger partial charge >= 0.3 is 5.97 Å². The maximum Gasteiger partial charge on any atom is 0.343 e. The number of halogens is 1. The van der Waals surface area contributed by atoms with Gasteiger partial charge in [0, 0.05) is 4.47 Å². The van der Waals surface area contributed by atoms with Crippen LogP contribution in [0.5, 0.6) is 23.0 Å². The van der Waals surface area contributed by atoms with Crippen LogP contribution < -0.4 is 24.4 Å². The van der Waals surface area contributed by atoms with Crippen molar-refractivity contribution in [1.29, 1.82) is 0 Å². The summed E-state index contributed by atoms with van der Waals surface area (Å²) in [5.41, 5.74) is 4.82. The maximum atomic E-state index is 12.9. The SMILES string of the molecule is COc1ccc(C(=O)Oc2ccc(/C=N\NC(=O)c3cc(Br)ccc3OCc3ccccc3)cc2OC)cc1.